The van der Waals surface area contributed by atoms with Gasteiger partial charge in [-0.3, -0.25) is 15.0 Å². The predicted octanol–water partition coefficient (Wildman–Crippen LogP) is 2.43. The van der Waals surface area contributed by atoms with Gasteiger partial charge in [0.15, 0.2) is 0 Å². The minimum atomic E-state index is -0.346. The highest BCUT2D eigenvalue weighted by Gasteiger charge is 2.30. The average molecular weight is 284 g/mol. The zero-order chi connectivity index (χ0) is 14.0. The maximum atomic E-state index is 11.1. The Labute approximate surface area is 117 Å². The van der Waals surface area contributed by atoms with Gasteiger partial charge in [-0.1, -0.05) is 11.6 Å². The minimum absolute atomic E-state index is 0.0194. The van der Waals surface area contributed by atoms with Crippen molar-refractivity contribution in [3.05, 3.63) is 38.9 Å². The molecule has 104 valence electrons. The number of halogens is 1. The summed E-state index contributed by atoms with van der Waals surface area (Å²) in [7, 11) is 0. The molecule has 1 aromatic rings. The van der Waals surface area contributed by atoms with Crippen LogP contribution in [0.25, 0.3) is 0 Å². The molecule has 1 heterocycles. The quantitative estimate of drug-likeness (QED) is 0.684. The molecule has 1 saturated heterocycles. The lowest BCUT2D eigenvalue weighted by Gasteiger charge is -2.42. The molecule has 0 aromatic heterocycles. The van der Waals surface area contributed by atoms with Gasteiger partial charge in [0.2, 0.25) is 0 Å². The summed E-state index contributed by atoms with van der Waals surface area (Å²) in [5.74, 6) is 0. The van der Waals surface area contributed by atoms with Crippen LogP contribution in [0.15, 0.2) is 18.2 Å². The van der Waals surface area contributed by atoms with Crippen molar-refractivity contribution in [1.82, 2.24) is 10.2 Å². The molecule has 0 amide bonds. The van der Waals surface area contributed by atoms with Crippen molar-refractivity contribution in [3.8, 4) is 0 Å². The number of nitro benzene ring substituents is 1. The molecule has 0 unspecified atom stereocenters. The van der Waals surface area contributed by atoms with Crippen molar-refractivity contribution < 1.29 is 4.92 Å². The maximum Gasteiger partial charge on any atom is 0.273 e. The van der Waals surface area contributed by atoms with E-state index in [0.29, 0.717) is 17.1 Å². The second-order valence-corrected chi connectivity index (χ2v) is 5.88. The molecule has 1 aromatic carbocycles. The Morgan fingerprint density at radius 3 is 2.89 bits per heavy atom. The van der Waals surface area contributed by atoms with Crippen LogP contribution in [-0.4, -0.2) is 35.0 Å². The van der Waals surface area contributed by atoms with Gasteiger partial charge in [-0.25, -0.2) is 0 Å². The molecule has 2 rings (SSSR count). The molecule has 6 heteroatoms. The fourth-order valence-corrected chi connectivity index (χ4v) is 2.58. The van der Waals surface area contributed by atoms with Crippen molar-refractivity contribution in [2.24, 2.45) is 0 Å². The highest BCUT2D eigenvalue weighted by molar-refractivity contribution is 6.30. The summed E-state index contributed by atoms with van der Waals surface area (Å²) in [6.45, 7) is 7.46. The molecule has 19 heavy (non-hydrogen) atoms. The van der Waals surface area contributed by atoms with Gasteiger partial charge in [-0.2, -0.15) is 0 Å². The number of rotatable bonds is 3. The van der Waals surface area contributed by atoms with Gasteiger partial charge in [0.05, 0.1) is 4.92 Å². The first kappa shape index (κ1) is 14.2. The van der Waals surface area contributed by atoms with E-state index in [9.17, 15) is 10.1 Å². The standard InChI is InChI=1S/C13H18ClN3O2/c1-13(2)9-15-5-6-16(13)8-10-7-11(14)3-4-12(10)17(18)19/h3-4,7,15H,5-6,8-9H2,1-2H3. The molecule has 0 radical (unpaired) electrons. The van der Waals surface area contributed by atoms with Gasteiger partial charge in [-0.15, -0.1) is 0 Å². The number of hydrogen-bond donors (Lipinski definition) is 1. The van der Waals surface area contributed by atoms with Gasteiger partial charge in [0.1, 0.15) is 0 Å². The lowest BCUT2D eigenvalue weighted by atomic mass is 9.99. The van der Waals surface area contributed by atoms with E-state index >= 15 is 0 Å². The molecule has 0 spiro atoms. The van der Waals surface area contributed by atoms with Gasteiger partial charge >= 0.3 is 0 Å². The Balaban J connectivity index is 2.27. The van der Waals surface area contributed by atoms with Gasteiger partial charge in [0, 0.05) is 48.4 Å². The van der Waals surface area contributed by atoms with E-state index in [-0.39, 0.29) is 16.1 Å². The number of piperazine rings is 1. The summed E-state index contributed by atoms with van der Waals surface area (Å²) in [5, 5.41) is 14.9. The van der Waals surface area contributed by atoms with E-state index in [0.717, 1.165) is 19.6 Å². The topological polar surface area (TPSA) is 58.4 Å². The predicted molar refractivity (Wildman–Crippen MR) is 75.5 cm³/mol. The summed E-state index contributed by atoms with van der Waals surface area (Å²) in [6.07, 6.45) is 0. The van der Waals surface area contributed by atoms with Crippen molar-refractivity contribution in [2.75, 3.05) is 19.6 Å². The largest absolute Gasteiger partial charge is 0.314 e. The second-order valence-electron chi connectivity index (χ2n) is 5.44. The van der Waals surface area contributed by atoms with Crippen molar-refractivity contribution in [2.45, 2.75) is 25.9 Å². The van der Waals surface area contributed by atoms with E-state index < -0.39 is 0 Å². The third-order valence-corrected chi connectivity index (χ3v) is 3.81. The third-order valence-electron chi connectivity index (χ3n) is 3.57. The molecular weight excluding hydrogens is 266 g/mol. The summed E-state index contributed by atoms with van der Waals surface area (Å²) in [4.78, 5) is 13.0. The van der Waals surface area contributed by atoms with Crippen LogP contribution in [0.3, 0.4) is 0 Å². The Morgan fingerprint density at radius 2 is 2.26 bits per heavy atom. The van der Waals surface area contributed by atoms with E-state index in [1.165, 1.54) is 6.07 Å². The fraction of sp³-hybridized carbons (Fsp3) is 0.538. The summed E-state index contributed by atoms with van der Waals surface area (Å²) in [5.41, 5.74) is 0.792. The van der Waals surface area contributed by atoms with E-state index in [1.54, 1.807) is 12.1 Å². The number of benzene rings is 1. The van der Waals surface area contributed by atoms with Crippen LogP contribution < -0.4 is 5.32 Å². The molecular formula is C13H18ClN3O2. The van der Waals surface area contributed by atoms with Crippen LogP contribution in [0.4, 0.5) is 5.69 Å². The molecule has 1 aliphatic heterocycles. The molecule has 5 nitrogen and oxygen atoms in total. The van der Waals surface area contributed by atoms with Gasteiger partial charge in [-0.05, 0) is 26.0 Å². The van der Waals surface area contributed by atoms with E-state index in [2.05, 4.69) is 24.1 Å². The lowest BCUT2D eigenvalue weighted by Crippen LogP contribution is -2.57. The van der Waals surface area contributed by atoms with Crippen LogP contribution in [0.5, 0.6) is 0 Å². The Morgan fingerprint density at radius 1 is 1.53 bits per heavy atom. The molecule has 0 bridgehead atoms. The average Bonchev–Trinajstić information content (AvgIpc) is 2.31. The van der Waals surface area contributed by atoms with E-state index in [4.69, 9.17) is 11.6 Å². The molecule has 1 N–H and O–H groups in total. The monoisotopic (exact) mass is 283 g/mol. The highest BCUT2D eigenvalue weighted by atomic mass is 35.5. The van der Waals surface area contributed by atoms with Crippen molar-refractivity contribution in [3.63, 3.8) is 0 Å². The molecule has 0 saturated carbocycles. The minimum Gasteiger partial charge on any atom is -0.314 e. The van der Waals surface area contributed by atoms with Gasteiger partial charge < -0.3 is 5.32 Å². The van der Waals surface area contributed by atoms with Crippen LogP contribution in [0.1, 0.15) is 19.4 Å². The second kappa shape index (κ2) is 5.45. The normalized spacial score (nSPS) is 19.3. The smallest absolute Gasteiger partial charge is 0.273 e. The first-order valence-electron chi connectivity index (χ1n) is 6.29. The third kappa shape index (κ3) is 3.23. The van der Waals surface area contributed by atoms with Crippen LogP contribution in [0.2, 0.25) is 5.02 Å². The van der Waals surface area contributed by atoms with Crippen molar-refractivity contribution >= 4 is 17.3 Å². The van der Waals surface area contributed by atoms with Crippen molar-refractivity contribution in [1.29, 1.82) is 0 Å². The number of nitrogens with zero attached hydrogens (tertiary/aromatic N) is 2. The first-order valence-corrected chi connectivity index (χ1v) is 6.66. The Bertz CT molecular complexity index is 491. The number of nitrogens with one attached hydrogen (secondary N) is 1. The molecule has 1 aliphatic rings. The summed E-state index contributed by atoms with van der Waals surface area (Å²) < 4.78 is 0. The molecule has 0 aliphatic carbocycles. The molecule has 1 fully saturated rings. The number of nitro groups is 1. The Hall–Kier alpha value is -1.17. The summed E-state index contributed by atoms with van der Waals surface area (Å²) in [6, 6.07) is 4.73. The first-order chi connectivity index (χ1) is 8.90. The van der Waals surface area contributed by atoms with Crippen LogP contribution in [-0.2, 0) is 6.54 Å². The highest BCUT2D eigenvalue weighted by Crippen LogP contribution is 2.27. The summed E-state index contributed by atoms with van der Waals surface area (Å²) >= 11 is 5.96. The molecule has 0 atom stereocenters. The lowest BCUT2D eigenvalue weighted by molar-refractivity contribution is -0.385. The van der Waals surface area contributed by atoms with E-state index in [1.807, 2.05) is 0 Å². The number of hydrogen-bond acceptors (Lipinski definition) is 4. The van der Waals surface area contributed by atoms with Gasteiger partial charge in [0.25, 0.3) is 5.69 Å². The van der Waals surface area contributed by atoms with Crippen LogP contribution >= 0.6 is 11.6 Å². The zero-order valence-corrected chi connectivity index (χ0v) is 11.9. The zero-order valence-electron chi connectivity index (χ0n) is 11.1. The fourth-order valence-electron chi connectivity index (χ4n) is 2.38. The SMILES string of the molecule is CC1(C)CNCCN1Cc1cc(Cl)ccc1[N+](=O)[O-]. The maximum absolute atomic E-state index is 11.1. The van der Waals surface area contributed by atoms with Crippen LogP contribution in [0, 0.1) is 10.1 Å². The Kier molecular flexibility index (Phi) is 4.08.